The van der Waals surface area contributed by atoms with E-state index in [2.05, 4.69) is 10.3 Å². The summed E-state index contributed by atoms with van der Waals surface area (Å²) < 4.78 is 4.96. The summed E-state index contributed by atoms with van der Waals surface area (Å²) in [5.74, 6) is -1.26. The van der Waals surface area contributed by atoms with Gasteiger partial charge in [0, 0.05) is 12.5 Å². The Balaban J connectivity index is 2.81. The fourth-order valence-corrected chi connectivity index (χ4v) is 2.66. The number of nitrogens with zero attached hydrogens (tertiary/aromatic N) is 1. The third-order valence-corrected chi connectivity index (χ3v) is 4.10. The number of carbonyl (C=O) groups is 2. The minimum atomic E-state index is -0.924. The Morgan fingerprint density at radius 2 is 2.10 bits per heavy atom. The fraction of sp³-hybridized carbons (Fsp3) is 0.615. The lowest BCUT2D eigenvalue weighted by Gasteiger charge is -2.31. The summed E-state index contributed by atoms with van der Waals surface area (Å²) in [7, 11) is 1.56. The van der Waals surface area contributed by atoms with E-state index in [1.165, 1.54) is 11.3 Å². The number of carboxylic acids is 1. The highest BCUT2D eigenvalue weighted by molar-refractivity contribution is 7.09. The van der Waals surface area contributed by atoms with E-state index in [-0.39, 0.29) is 12.3 Å². The van der Waals surface area contributed by atoms with Crippen molar-refractivity contribution in [3.63, 3.8) is 0 Å². The molecule has 0 saturated carbocycles. The standard InChI is InChI=1S/C13H20N2O4S/c1-4-13(5-2,6-11(16)17)15-12(18)9-8-20-10(14-9)7-19-3/h8H,4-7H2,1-3H3,(H,15,18)(H,16,17). The zero-order chi connectivity index (χ0) is 15.2. The molecule has 0 fully saturated rings. The molecule has 0 aliphatic heterocycles. The topological polar surface area (TPSA) is 88.5 Å². The molecule has 0 aliphatic carbocycles. The van der Waals surface area contributed by atoms with Gasteiger partial charge < -0.3 is 15.2 Å². The Bertz CT molecular complexity index is 469. The van der Waals surface area contributed by atoms with Gasteiger partial charge in [0.15, 0.2) is 0 Å². The SMILES string of the molecule is CCC(CC)(CC(=O)O)NC(=O)c1csc(COC)n1. The molecule has 2 N–H and O–H groups in total. The highest BCUT2D eigenvalue weighted by Gasteiger charge is 2.31. The molecule has 0 atom stereocenters. The molecule has 6 nitrogen and oxygen atoms in total. The van der Waals surface area contributed by atoms with Gasteiger partial charge in [-0.2, -0.15) is 0 Å². The Morgan fingerprint density at radius 1 is 1.45 bits per heavy atom. The quantitative estimate of drug-likeness (QED) is 0.767. The van der Waals surface area contributed by atoms with Crippen LogP contribution in [0.4, 0.5) is 0 Å². The van der Waals surface area contributed by atoms with E-state index < -0.39 is 11.5 Å². The van der Waals surface area contributed by atoms with Crippen molar-refractivity contribution in [3.05, 3.63) is 16.1 Å². The first-order valence-electron chi connectivity index (χ1n) is 6.44. The van der Waals surface area contributed by atoms with Crippen molar-refractivity contribution in [1.29, 1.82) is 0 Å². The second-order valence-electron chi connectivity index (χ2n) is 4.57. The molecule has 0 radical (unpaired) electrons. The van der Waals surface area contributed by atoms with Crippen LogP contribution in [0.25, 0.3) is 0 Å². The lowest BCUT2D eigenvalue weighted by atomic mass is 9.89. The lowest BCUT2D eigenvalue weighted by Crippen LogP contribution is -2.49. The molecule has 0 saturated heterocycles. The summed E-state index contributed by atoms with van der Waals surface area (Å²) in [5, 5.41) is 14.2. The summed E-state index contributed by atoms with van der Waals surface area (Å²) in [4.78, 5) is 27.3. The van der Waals surface area contributed by atoms with E-state index in [9.17, 15) is 9.59 Å². The predicted molar refractivity (Wildman–Crippen MR) is 75.9 cm³/mol. The lowest BCUT2D eigenvalue weighted by molar-refractivity contribution is -0.138. The number of aromatic nitrogens is 1. The number of nitrogens with one attached hydrogen (secondary N) is 1. The van der Waals surface area contributed by atoms with E-state index in [0.717, 1.165) is 5.01 Å². The Hall–Kier alpha value is -1.47. The third kappa shape index (κ3) is 4.28. The molecule has 0 spiro atoms. The normalized spacial score (nSPS) is 11.3. The van der Waals surface area contributed by atoms with Crippen LogP contribution in [0.1, 0.15) is 48.6 Å². The maximum Gasteiger partial charge on any atom is 0.305 e. The zero-order valence-electron chi connectivity index (χ0n) is 11.9. The van der Waals surface area contributed by atoms with E-state index >= 15 is 0 Å². The number of ether oxygens (including phenoxy) is 1. The molecular formula is C13H20N2O4S. The van der Waals surface area contributed by atoms with E-state index in [1.54, 1.807) is 12.5 Å². The van der Waals surface area contributed by atoms with Crippen molar-refractivity contribution >= 4 is 23.2 Å². The van der Waals surface area contributed by atoms with Crippen LogP contribution in [0.3, 0.4) is 0 Å². The smallest absolute Gasteiger partial charge is 0.305 e. The minimum absolute atomic E-state index is 0.0964. The molecule has 0 unspecified atom stereocenters. The number of thiazole rings is 1. The van der Waals surface area contributed by atoms with Gasteiger partial charge in [-0.3, -0.25) is 9.59 Å². The number of hydrogen-bond donors (Lipinski definition) is 2. The Kier molecular flexibility index (Phi) is 6.09. The molecule has 0 bridgehead atoms. The number of hydrogen-bond acceptors (Lipinski definition) is 5. The number of methoxy groups -OCH3 is 1. The maximum absolute atomic E-state index is 12.2. The van der Waals surface area contributed by atoms with Crippen LogP contribution in [0.15, 0.2) is 5.38 Å². The van der Waals surface area contributed by atoms with Gasteiger partial charge in [0.25, 0.3) is 5.91 Å². The van der Waals surface area contributed by atoms with Gasteiger partial charge in [-0.25, -0.2) is 4.98 Å². The molecule has 1 aromatic heterocycles. The monoisotopic (exact) mass is 300 g/mol. The first kappa shape index (κ1) is 16.6. The summed E-state index contributed by atoms with van der Waals surface area (Å²) in [6, 6.07) is 0. The second kappa shape index (κ2) is 7.35. The van der Waals surface area contributed by atoms with Crippen molar-refractivity contribution in [2.24, 2.45) is 0 Å². The maximum atomic E-state index is 12.2. The number of carbonyl (C=O) groups excluding carboxylic acids is 1. The molecular weight excluding hydrogens is 280 g/mol. The number of aliphatic carboxylic acids is 1. The van der Waals surface area contributed by atoms with Crippen LogP contribution in [0.2, 0.25) is 0 Å². The minimum Gasteiger partial charge on any atom is -0.481 e. The Labute approximate surface area is 122 Å². The second-order valence-corrected chi connectivity index (χ2v) is 5.51. The molecule has 1 amide bonds. The van der Waals surface area contributed by atoms with Crippen molar-refractivity contribution in [1.82, 2.24) is 10.3 Å². The van der Waals surface area contributed by atoms with Crippen LogP contribution in [0, 0.1) is 0 Å². The third-order valence-electron chi connectivity index (χ3n) is 3.27. The van der Waals surface area contributed by atoms with Crippen LogP contribution >= 0.6 is 11.3 Å². The summed E-state index contributed by atoms with van der Waals surface area (Å²) >= 11 is 1.34. The average molecular weight is 300 g/mol. The van der Waals surface area contributed by atoms with Gasteiger partial charge in [0.1, 0.15) is 10.7 Å². The number of rotatable bonds is 8. The first-order chi connectivity index (χ1) is 9.46. The molecule has 112 valence electrons. The fourth-order valence-electron chi connectivity index (χ4n) is 1.92. The van der Waals surface area contributed by atoms with Gasteiger partial charge in [-0.05, 0) is 12.8 Å². The van der Waals surface area contributed by atoms with Crippen LogP contribution in [-0.4, -0.2) is 34.6 Å². The Morgan fingerprint density at radius 3 is 2.60 bits per heavy atom. The molecule has 1 heterocycles. The summed E-state index contributed by atoms with van der Waals surface area (Å²) in [6.07, 6.45) is 1.01. The van der Waals surface area contributed by atoms with E-state index in [0.29, 0.717) is 25.1 Å². The number of amides is 1. The molecule has 0 aliphatic rings. The van der Waals surface area contributed by atoms with Gasteiger partial charge in [-0.15, -0.1) is 11.3 Å². The summed E-state index contributed by atoms with van der Waals surface area (Å²) in [6.45, 7) is 4.09. The van der Waals surface area contributed by atoms with Gasteiger partial charge in [0.2, 0.25) is 0 Å². The number of carboxylic acid groups (broad SMARTS) is 1. The molecule has 20 heavy (non-hydrogen) atoms. The van der Waals surface area contributed by atoms with Crippen molar-refractivity contribution < 1.29 is 19.4 Å². The largest absolute Gasteiger partial charge is 0.481 e. The van der Waals surface area contributed by atoms with Gasteiger partial charge in [-0.1, -0.05) is 13.8 Å². The molecule has 7 heteroatoms. The van der Waals surface area contributed by atoms with Crippen LogP contribution in [-0.2, 0) is 16.1 Å². The average Bonchev–Trinajstić information content (AvgIpc) is 2.86. The van der Waals surface area contributed by atoms with Crippen LogP contribution in [0.5, 0.6) is 0 Å². The predicted octanol–water partition coefficient (Wildman–Crippen LogP) is 2.05. The van der Waals surface area contributed by atoms with Gasteiger partial charge >= 0.3 is 5.97 Å². The first-order valence-corrected chi connectivity index (χ1v) is 7.32. The van der Waals surface area contributed by atoms with Crippen molar-refractivity contribution in [3.8, 4) is 0 Å². The molecule has 0 aromatic carbocycles. The van der Waals surface area contributed by atoms with Crippen molar-refractivity contribution in [2.75, 3.05) is 7.11 Å². The van der Waals surface area contributed by atoms with Crippen LogP contribution < -0.4 is 5.32 Å². The van der Waals surface area contributed by atoms with E-state index in [1.807, 2.05) is 13.8 Å². The highest BCUT2D eigenvalue weighted by atomic mass is 32.1. The highest BCUT2D eigenvalue weighted by Crippen LogP contribution is 2.21. The molecule has 1 rings (SSSR count). The zero-order valence-corrected chi connectivity index (χ0v) is 12.7. The van der Waals surface area contributed by atoms with E-state index in [4.69, 9.17) is 9.84 Å². The van der Waals surface area contributed by atoms with Gasteiger partial charge in [0.05, 0.1) is 18.6 Å². The summed E-state index contributed by atoms with van der Waals surface area (Å²) in [5.41, 5.74) is -0.424. The molecule has 1 aromatic rings. The van der Waals surface area contributed by atoms with Crippen molar-refractivity contribution in [2.45, 2.75) is 45.3 Å².